The Morgan fingerprint density at radius 3 is 2.44 bits per heavy atom. The number of benzene rings is 1. The molecule has 5 heteroatoms. The van der Waals surface area contributed by atoms with E-state index in [0.717, 1.165) is 12.1 Å². The first-order chi connectivity index (χ1) is 7.23. The van der Waals surface area contributed by atoms with Crippen molar-refractivity contribution in [3.8, 4) is 5.75 Å². The minimum Gasteiger partial charge on any atom is -0.426 e. The van der Waals surface area contributed by atoms with Gasteiger partial charge in [-0.1, -0.05) is 6.07 Å². The van der Waals surface area contributed by atoms with Crippen LogP contribution in [0.5, 0.6) is 5.75 Å². The molecule has 0 bridgehead atoms. The summed E-state index contributed by atoms with van der Waals surface area (Å²) in [4.78, 5) is 11.4. The van der Waals surface area contributed by atoms with Gasteiger partial charge in [0, 0.05) is 5.56 Å². The van der Waals surface area contributed by atoms with Gasteiger partial charge in [0.05, 0.1) is 11.0 Å². The highest BCUT2D eigenvalue weighted by molar-refractivity contribution is 5.89. The van der Waals surface area contributed by atoms with Crippen LogP contribution in [0.2, 0.25) is 0 Å². The summed E-state index contributed by atoms with van der Waals surface area (Å²) in [5.74, 6) is -0.522. The SMILES string of the molecule is CC1(C)C(=O)Oc2cc(C(F)(F)F)ccc21. The Bertz CT molecular complexity index is 461. The van der Waals surface area contributed by atoms with Gasteiger partial charge >= 0.3 is 12.1 Å². The molecule has 16 heavy (non-hydrogen) atoms. The van der Waals surface area contributed by atoms with E-state index in [1.165, 1.54) is 6.07 Å². The fraction of sp³-hybridized carbons (Fsp3) is 0.364. The normalized spacial score (nSPS) is 18.2. The molecule has 1 aromatic rings. The van der Waals surface area contributed by atoms with E-state index in [-0.39, 0.29) is 5.75 Å². The molecule has 1 aliphatic heterocycles. The Morgan fingerprint density at radius 1 is 1.25 bits per heavy atom. The first-order valence-corrected chi connectivity index (χ1v) is 4.67. The minimum absolute atomic E-state index is 0.00447. The van der Waals surface area contributed by atoms with E-state index in [9.17, 15) is 18.0 Å². The molecule has 1 aliphatic rings. The second-order valence-corrected chi connectivity index (χ2v) is 4.22. The van der Waals surface area contributed by atoms with E-state index in [0.29, 0.717) is 5.56 Å². The van der Waals surface area contributed by atoms with Crippen LogP contribution in [0.1, 0.15) is 25.0 Å². The van der Waals surface area contributed by atoms with E-state index in [2.05, 4.69) is 0 Å². The van der Waals surface area contributed by atoms with Crippen molar-refractivity contribution in [3.63, 3.8) is 0 Å². The molecule has 1 aromatic carbocycles. The van der Waals surface area contributed by atoms with Crippen LogP contribution in [0.3, 0.4) is 0 Å². The molecular weight excluding hydrogens is 221 g/mol. The molecule has 0 aliphatic carbocycles. The zero-order valence-electron chi connectivity index (χ0n) is 8.68. The number of carbonyl (C=O) groups is 1. The van der Waals surface area contributed by atoms with E-state index in [1.807, 2.05) is 0 Å². The third kappa shape index (κ3) is 1.47. The first kappa shape index (κ1) is 11.0. The lowest BCUT2D eigenvalue weighted by molar-refractivity contribution is -0.139. The highest BCUT2D eigenvalue weighted by Gasteiger charge is 2.42. The minimum atomic E-state index is -4.42. The predicted octanol–water partition coefficient (Wildman–Crippen LogP) is 2.90. The zero-order chi connectivity index (χ0) is 12.1. The van der Waals surface area contributed by atoms with E-state index < -0.39 is 23.1 Å². The lowest BCUT2D eigenvalue weighted by atomic mass is 9.86. The van der Waals surface area contributed by atoms with Crippen LogP contribution in [0, 0.1) is 0 Å². The van der Waals surface area contributed by atoms with Crippen LogP contribution in [0.25, 0.3) is 0 Å². The summed E-state index contributed by atoms with van der Waals surface area (Å²) < 4.78 is 42.0. The number of esters is 1. The highest BCUT2D eigenvalue weighted by Crippen LogP contribution is 2.42. The Morgan fingerprint density at radius 2 is 1.88 bits per heavy atom. The fourth-order valence-electron chi connectivity index (χ4n) is 1.64. The number of halogens is 3. The zero-order valence-corrected chi connectivity index (χ0v) is 8.68. The Kier molecular flexibility index (Phi) is 2.05. The van der Waals surface area contributed by atoms with Gasteiger partial charge in [-0.15, -0.1) is 0 Å². The van der Waals surface area contributed by atoms with Crippen LogP contribution in [-0.2, 0) is 16.4 Å². The molecule has 2 rings (SSSR count). The second-order valence-electron chi connectivity index (χ2n) is 4.22. The van der Waals surface area contributed by atoms with Gasteiger partial charge in [0.25, 0.3) is 0 Å². The number of hydrogen-bond donors (Lipinski definition) is 0. The Balaban J connectivity index is 2.53. The first-order valence-electron chi connectivity index (χ1n) is 4.67. The summed E-state index contributed by atoms with van der Waals surface area (Å²) in [6, 6.07) is 3.12. The van der Waals surface area contributed by atoms with Gasteiger partial charge in [-0.2, -0.15) is 13.2 Å². The third-order valence-electron chi connectivity index (χ3n) is 2.70. The lowest BCUT2D eigenvalue weighted by Crippen LogP contribution is -2.25. The van der Waals surface area contributed by atoms with Crippen molar-refractivity contribution in [3.05, 3.63) is 29.3 Å². The molecule has 0 spiro atoms. The summed E-state index contributed by atoms with van der Waals surface area (Å²) in [6.45, 7) is 3.24. The van der Waals surface area contributed by atoms with Crippen LogP contribution >= 0.6 is 0 Å². The molecule has 86 valence electrons. The van der Waals surface area contributed by atoms with Crippen LogP contribution < -0.4 is 4.74 Å². The van der Waals surface area contributed by atoms with Crippen LogP contribution in [-0.4, -0.2) is 5.97 Å². The number of fused-ring (bicyclic) bond motifs is 1. The van der Waals surface area contributed by atoms with Crippen molar-refractivity contribution in [1.29, 1.82) is 0 Å². The van der Waals surface area contributed by atoms with Crippen molar-refractivity contribution >= 4 is 5.97 Å². The highest BCUT2D eigenvalue weighted by atomic mass is 19.4. The molecule has 0 fully saturated rings. The topological polar surface area (TPSA) is 26.3 Å². The molecule has 0 unspecified atom stereocenters. The number of hydrogen-bond acceptors (Lipinski definition) is 2. The van der Waals surface area contributed by atoms with Gasteiger partial charge in [-0.25, -0.2) is 0 Å². The van der Waals surface area contributed by atoms with Gasteiger partial charge in [0.2, 0.25) is 0 Å². The third-order valence-corrected chi connectivity index (χ3v) is 2.70. The largest absolute Gasteiger partial charge is 0.426 e. The van der Waals surface area contributed by atoms with E-state index >= 15 is 0 Å². The molecule has 0 radical (unpaired) electrons. The predicted molar refractivity (Wildman–Crippen MR) is 50.1 cm³/mol. The molecule has 0 amide bonds. The van der Waals surface area contributed by atoms with Crippen LogP contribution in [0.4, 0.5) is 13.2 Å². The van der Waals surface area contributed by atoms with Crippen molar-refractivity contribution < 1.29 is 22.7 Å². The summed E-state index contributed by atoms with van der Waals surface area (Å²) in [5.41, 5.74) is -1.19. The summed E-state index contributed by atoms with van der Waals surface area (Å²) >= 11 is 0. The van der Waals surface area contributed by atoms with Crippen molar-refractivity contribution in [2.75, 3.05) is 0 Å². The Labute approximate surface area is 90.0 Å². The lowest BCUT2D eigenvalue weighted by Gasteiger charge is -2.13. The fourth-order valence-corrected chi connectivity index (χ4v) is 1.64. The smallest absolute Gasteiger partial charge is 0.416 e. The standard InChI is InChI=1S/C11H9F3O2/c1-10(2)7-4-3-6(11(12,13)14)5-8(7)16-9(10)15/h3-5H,1-2H3. The Hall–Kier alpha value is -1.52. The van der Waals surface area contributed by atoms with Crippen molar-refractivity contribution in [2.24, 2.45) is 0 Å². The summed E-state index contributed by atoms with van der Waals surface area (Å²) in [5, 5.41) is 0. The van der Waals surface area contributed by atoms with Crippen molar-refractivity contribution in [2.45, 2.75) is 25.4 Å². The molecule has 2 nitrogen and oxygen atoms in total. The average Bonchev–Trinajstić information content (AvgIpc) is 2.36. The molecule has 0 saturated heterocycles. The number of carbonyl (C=O) groups excluding carboxylic acids is 1. The molecule has 0 aromatic heterocycles. The van der Waals surface area contributed by atoms with E-state index in [1.54, 1.807) is 13.8 Å². The number of rotatable bonds is 0. The van der Waals surface area contributed by atoms with Gasteiger partial charge < -0.3 is 4.74 Å². The quantitative estimate of drug-likeness (QED) is 0.506. The second kappa shape index (κ2) is 2.99. The maximum Gasteiger partial charge on any atom is 0.416 e. The molecule has 0 N–H and O–H groups in total. The van der Waals surface area contributed by atoms with Gasteiger partial charge in [0.1, 0.15) is 5.75 Å². The maximum atomic E-state index is 12.4. The maximum absolute atomic E-state index is 12.4. The molecule has 0 saturated carbocycles. The van der Waals surface area contributed by atoms with Crippen LogP contribution in [0.15, 0.2) is 18.2 Å². The average molecular weight is 230 g/mol. The van der Waals surface area contributed by atoms with Crippen molar-refractivity contribution in [1.82, 2.24) is 0 Å². The summed E-state index contributed by atoms with van der Waals surface area (Å²) in [7, 11) is 0. The monoisotopic (exact) mass is 230 g/mol. The molecule has 0 atom stereocenters. The van der Waals surface area contributed by atoms with E-state index in [4.69, 9.17) is 4.74 Å². The molecule has 1 heterocycles. The van der Waals surface area contributed by atoms with Gasteiger partial charge in [-0.05, 0) is 26.0 Å². The van der Waals surface area contributed by atoms with Gasteiger partial charge in [-0.3, -0.25) is 4.79 Å². The van der Waals surface area contributed by atoms with Gasteiger partial charge in [0.15, 0.2) is 0 Å². The number of ether oxygens (including phenoxy) is 1. The summed E-state index contributed by atoms with van der Waals surface area (Å²) in [6.07, 6.45) is -4.42. The number of alkyl halides is 3. The molecular formula is C11H9F3O2.